The van der Waals surface area contributed by atoms with Crippen LogP contribution in [0.25, 0.3) is 0 Å². The molecule has 0 aromatic carbocycles. The fourth-order valence-corrected chi connectivity index (χ4v) is 3.49. The molecule has 0 aromatic rings. The second-order valence-electron chi connectivity index (χ2n) is 4.82. The van der Waals surface area contributed by atoms with Crippen LogP contribution in [0, 0.1) is 0 Å². The first-order chi connectivity index (χ1) is 8.72. The minimum atomic E-state index is 0.0614. The van der Waals surface area contributed by atoms with Gasteiger partial charge in [-0.15, -0.1) is 11.8 Å². The van der Waals surface area contributed by atoms with Crippen molar-refractivity contribution in [2.24, 2.45) is 0 Å². The van der Waals surface area contributed by atoms with Gasteiger partial charge >= 0.3 is 0 Å². The summed E-state index contributed by atoms with van der Waals surface area (Å²) < 4.78 is 0. The number of likely N-dealkylation sites (tertiary alicyclic amines) is 1. The molecule has 0 radical (unpaired) electrons. The Bertz CT molecular complexity index is 324. The van der Waals surface area contributed by atoms with Gasteiger partial charge in [-0.1, -0.05) is 0 Å². The van der Waals surface area contributed by atoms with Crippen LogP contribution in [0.4, 0.5) is 0 Å². The topological polar surface area (TPSA) is 60.9 Å². The van der Waals surface area contributed by atoms with Crippen molar-refractivity contribution in [3.63, 3.8) is 0 Å². The van der Waals surface area contributed by atoms with Crippen molar-refractivity contribution in [2.75, 3.05) is 31.3 Å². The summed E-state index contributed by atoms with van der Waals surface area (Å²) in [6, 6.07) is 0.259. The summed E-state index contributed by atoms with van der Waals surface area (Å²) in [5.41, 5.74) is 0. The molecule has 2 rings (SSSR count). The maximum absolute atomic E-state index is 12.2. The number of hydrogen-bond donors (Lipinski definition) is 1. The molecule has 1 unspecified atom stereocenters. The van der Waals surface area contributed by atoms with Crippen LogP contribution in [0.2, 0.25) is 0 Å². The molecule has 5 nitrogen and oxygen atoms in total. The minimum Gasteiger partial charge on any atom is -0.396 e. The van der Waals surface area contributed by atoms with Gasteiger partial charge in [0.1, 0.15) is 6.54 Å². The maximum atomic E-state index is 12.2. The van der Waals surface area contributed by atoms with Crippen molar-refractivity contribution in [3.8, 4) is 0 Å². The summed E-state index contributed by atoms with van der Waals surface area (Å²) in [5.74, 6) is 1.27. The van der Waals surface area contributed by atoms with Crippen LogP contribution in [0.5, 0.6) is 0 Å². The minimum absolute atomic E-state index is 0.0614. The van der Waals surface area contributed by atoms with E-state index in [0.717, 1.165) is 32.2 Å². The Hall–Kier alpha value is -0.750. The van der Waals surface area contributed by atoms with E-state index in [1.165, 1.54) is 0 Å². The van der Waals surface area contributed by atoms with E-state index in [2.05, 4.69) is 0 Å². The Balaban J connectivity index is 1.85. The molecule has 0 saturated carbocycles. The zero-order valence-electron chi connectivity index (χ0n) is 10.5. The average Bonchev–Trinajstić information content (AvgIpc) is 2.96. The monoisotopic (exact) mass is 272 g/mol. The summed E-state index contributed by atoms with van der Waals surface area (Å²) in [5, 5.41) is 8.86. The molecule has 18 heavy (non-hydrogen) atoms. The molecule has 0 aromatic heterocycles. The molecule has 2 aliphatic heterocycles. The molecular formula is C12H20N2O3S. The van der Waals surface area contributed by atoms with Crippen LogP contribution in [0.3, 0.4) is 0 Å². The Morgan fingerprint density at radius 2 is 2.33 bits per heavy atom. The van der Waals surface area contributed by atoms with Crippen LogP contribution < -0.4 is 0 Å². The first-order valence-corrected chi connectivity index (χ1v) is 7.63. The quantitative estimate of drug-likeness (QED) is 0.781. The number of hydrogen-bond acceptors (Lipinski definition) is 4. The van der Waals surface area contributed by atoms with Crippen LogP contribution in [-0.4, -0.2) is 64.1 Å². The lowest BCUT2D eigenvalue weighted by Crippen LogP contribution is -2.43. The predicted octanol–water partition coefficient (Wildman–Crippen LogP) is 0.283. The van der Waals surface area contributed by atoms with E-state index >= 15 is 0 Å². The SMILES string of the molecule is O=C1CSCN1CC(=O)N1CCCC1CCCO. The number of nitrogens with zero attached hydrogens (tertiary/aromatic N) is 2. The summed E-state index contributed by atoms with van der Waals surface area (Å²) >= 11 is 1.56. The highest BCUT2D eigenvalue weighted by molar-refractivity contribution is 8.00. The lowest BCUT2D eigenvalue weighted by atomic mass is 10.1. The van der Waals surface area contributed by atoms with Gasteiger partial charge in [-0.05, 0) is 25.7 Å². The van der Waals surface area contributed by atoms with Crippen LogP contribution in [0.15, 0.2) is 0 Å². The zero-order chi connectivity index (χ0) is 13.0. The summed E-state index contributed by atoms with van der Waals surface area (Å²) in [4.78, 5) is 27.2. The number of carbonyl (C=O) groups excluding carboxylic acids is 2. The van der Waals surface area contributed by atoms with Crippen molar-refractivity contribution in [1.82, 2.24) is 9.80 Å². The molecule has 6 heteroatoms. The van der Waals surface area contributed by atoms with Gasteiger partial charge in [0.15, 0.2) is 0 Å². The van der Waals surface area contributed by atoms with E-state index in [1.807, 2.05) is 4.90 Å². The van der Waals surface area contributed by atoms with Gasteiger partial charge in [0.05, 0.1) is 11.6 Å². The molecule has 102 valence electrons. The fourth-order valence-electron chi connectivity index (χ4n) is 2.59. The Morgan fingerprint density at radius 1 is 1.50 bits per heavy atom. The predicted molar refractivity (Wildman–Crippen MR) is 70.1 cm³/mol. The number of aliphatic hydroxyl groups is 1. The Kier molecular flexibility index (Phi) is 4.88. The number of carbonyl (C=O) groups is 2. The lowest BCUT2D eigenvalue weighted by molar-refractivity contribution is -0.138. The maximum Gasteiger partial charge on any atom is 0.242 e. The third-order valence-corrected chi connectivity index (χ3v) is 4.49. The van der Waals surface area contributed by atoms with Crippen molar-refractivity contribution in [1.29, 1.82) is 0 Å². The highest BCUT2D eigenvalue weighted by Gasteiger charge is 2.31. The second-order valence-corrected chi connectivity index (χ2v) is 5.77. The third kappa shape index (κ3) is 3.17. The second kappa shape index (κ2) is 6.43. The number of aliphatic hydroxyl groups excluding tert-OH is 1. The normalized spacial score (nSPS) is 24.1. The standard InChI is InChI=1S/C12H20N2O3S/c15-6-2-4-10-3-1-5-14(10)11(16)7-13-9-18-8-12(13)17/h10,15H,1-9H2. The molecule has 2 heterocycles. The van der Waals surface area contributed by atoms with Gasteiger partial charge in [0, 0.05) is 19.2 Å². The molecule has 1 N–H and O–H groups in total. The highest BCUT2D eigenvalue weighted by Crippen LogP contribution is 2.22. The van der Waals surface area contributed by atoms with Crippen LogP contribution in [0.1, 0.15) is 25.7 Å². The summed E-state index contributed by atoms with van der Waals surface area (Å²) in [6.07, 6.45) is 3.66. The van der Waals surface area contributed by atoms with Crippen molar-refractivity contribution < 1.29 is 14.7 Å². The van der Waals surface area contributed by atoms with Crippen molar-refractivity contribution in [3.05, 3.63) is 0 Å². The molecule has 0 bridgehead atoms. The first-order valence-electron chi connectivity index (χ1n) is 6.48. The first kappa shape index (κ1) is 13.7. The van der Waals surface area contributed by atoms with Crippen LogP contribution in [-0.2, 0) is 9.59 Å². The van der Waals surface area contributed by atoms with E-state index in [9.17, 15) is 9.59 Å². The highest BCUT2D eigenvalue weighted by atomic mass is 32.2. The number of amides is 2. The van der Waals surface area contributed by atoms with Gasteiger partial charge in [0.2, 0.25) is 11.8 Å². The number of thioether (sulfide) groups is 1. The molecule has 2 amide bonds. The largest absolute Gasteiger partial charge is 0.396 e. The summed E-state index contributed by atoms with van der Waals surface area (Å²) in [7, 11) is 0. The molecule has 2 saturated heterocycles. The smallest absolute Gasteiger partial charge is 0.242 e. The molecule has 0 aliphatic carbocycles. The van der Waals surface area contributed by atoms with E-state index in [4.69, 9.17) is 5.11 Å². The lowest BCUT2D eigenvalue weighted by Gasteiger charge is -2.26. The van der Waals surface area contributed by atoms with E-state index in [-0.39, 0.29) is 31.0 Å². The molecule has 2 fully saturated rings. The molecule has 0 spiro atoms. The molecular weight excluding hydrogens is 252 g/mol. The third-order valence-electron chi connectivity index (χ3n) is 3.54. The van der Waals surface area contributed by atoms with Gasteiger partial charge in [-0.3, -0.25) is 9.59 Å². The zero-order valence-corrected chi connectivity index (χ0v) is 11.3. The van der Waals surface area contributed by atoms with Gasteiger partial charge in [-0.25, -0.2) is 0 Å². The van der Waals surface area contributed by atoms with E-state index < -0.39 is 0 Å². The number of rotatable bonds is 5. The van der Waals surface area contributed by atoms with Gasteiger partial charge in [-0.2, -0.15) is 0 Å². The van der Waals surface area contributed by atoms with Gasteiger partial charge in [0.25, 0.3) is 0 Å². The Morgan fingerprint density at radius 3 is 3.00 bits per heavy atom. The van der Waals surface area contributed by atoms with Crippen LogP contribution >= 0.6 is 11.8 Å². The van der Waals surface area contributed by atoms with E-state index in [0.29, 0.717) is 11.6 Å². The van der Waals surface area contributed by atoms with Crippen molar-refractivity contribution >= 4 is 23.6 Å². The molecule has 1 atom stereocenters. The average molecular weight is 272 g/mol. The fraction of sp³-hybridized carbons (Fsp3) is 0.833. The summed E-state index contributed by atoms with van der Waals surface area (Å²) in [6.45, 7) is 1.20. The van der Waals surface area contributed by atoms with Crippen molar-refractivity contribution in [2.45, 2.75) is 31.7 Å². The van der Waals surface area contributed by atoms with E-state index in [1.54, 1.807) is 16.7 Å². The van der Waals surface area contributed by atoms with Gasteiger partial charge < -0.3 is 14.9 Å². The Labute approximate surface area is 112 Å². The molecule has 2 aliphatic rings.